The molecule has 1 N–H and O–H groups in total. The number of halogens is 4. The predicted octanol–water partition coefficient (Wildman–Crippen LogP) is 3.01. The molecule has 0 radical (unpaired) electrons. The number of sulfonamides is 1. The maximum absolute atomic E-state index is 13.6. The number of amides is 1. The van der Waals surface area contributed by atoms with Crippen molar-refractivity contribution in [2.45, 2.75) is 11.1 Å². The van der Waals surface area contributed by atoms with Gasteiger partial charge in [-0.25, -0.2) is 17.5 Å². The van der Waals surface area contributed by atoms with Crippen molar-refractivity contribution in [3.8, 4) is 11.4 Å². The Balaban J connectivity index is 1.79. The number of alkyl halides is 3. The molecule has 0 spiro atoms. The van der Waals surface area contributed by atoms with Gasteiger partial charge in [-0.3, -0.25) is 4.79 Å². The topological polar surface area (TPSA) is 102 Å². The van der Waals surface area contributed by atoms with Gasteiger partial charge < -0.3 is 4.52 Å². The Hall–Kier alpha value is -3.28. The van der Waals surface area contributed by atoms with Crippen LogP contribution in [0.2, 0.25) is 0 Å². The standard InChI is InChI=1S/C16H9F4N3O4S/c17-11-3-1-2-4-12(11)28(25,26)23-14(24)10-7-5-9(6-8-10)13-21-15(27-22-13)16(18,19)20/h1-8H,(H,23,24). The van der Waals surface area contributed by atoms with E-state index in [1.165, 1.54) is 24.3 Å². The first-order valence-corrected chi connectivity index (χ1v) is 8.89. The van der Waals surface area contributed by atoms with Crippen LogP contribution in [0.5, 0.6) is 0 Å². The lowest BCUT2D eigenvalue weighted by Crippen LogP contribution is -2.31. The van der Waals surface area contributed by atoms with Crippen molar-refractivity contribution in [2.75, 3.05) is 0 Å². The summed E-state index contributed by atoms with van der Waals surface area (Å²) in [5.74, 6) is -3.98. The van der Waals surface area contributed by atoms with E-state index < -0.39 is 38.7 Å². The first kappa shape index (κ1) is 19.5. The maximum Gasteiger partial charge on any atom is 0.471 e. The highest BCUT2D eigenvalue weighted by atomic mass is 32.2. The summed E-state index contributed by atoms with van der Waals surface area (Å²) >= 11 is 0. The monoisotopic (exact) mass is 415 g/mol. The summed E-state index contributed by atoms with van der Waals surface area (Å²) < 4.78 is 81.1. The second-order valence-corrected chi connectivity index (χ2v) is 7.01. The smallest absolute Gasteiger partial charge is 0.329 e. The highest BCUT2D eigenvalue weighted by molar-refractivity contribution is 7.90. The third-order valence-corrected chi connectivity index (χ3v) is 4.79. The van der Waals surface area contributed by atoms with Gasteiger partial charge in [-0.2, -0.15) is 18.2 Å². The molecule has 2 aromatic carbocycles. The largest absolute Gasteiger partial charge is 0.471 e. The number of benzene rings is 2. The van der Waals surface area contributed by atoms with Gasteiger partial charge in [-0.05, 0) is 24.3 Å². The molecule has 0 bridgehead atoms. The van der Waals surface area contributed by atoms with Gasteiger partial charge in [0.1, 0.15) is 10.7 Å². The molecule has 1 aromatic heterocycles. The molecule has 146 valence electrons. The molecule has 12 heteroatoms. The normalized spacial score (nSPS) is 12.0. The molecule has 1 amide bonds. The number of nitrogens with zero attached hydrogens (tertiary/aromatic N) is 2. The average Bonchev–Trinajstić information content (AvgIpc) is 3.12. The molecule has 0 unspecified atom stereocenters. The van der Waals surface area contributed by atoms with E-state index in [1.807, 2.05) is 0 Å². The Morgan fingerprint density at radius 2 is 1.68 bits per heavy atom. The molecule has 7 nitrogen and oxygen atoms in total. The second-order valence-electron chi connectivity index (χ2n) is 5.36. The maximum atomic E-state index is 13.6. The molecule has 0 saturated carbocycles. The lowest BCUT2D eigenvalue weighted by atomic mass is 10.1. The van der Waals surface area contributed by atoms with E-state index in [-0.39, 0.29) is 17.0 Å². The fourth-order valence-corrected chi connectivity index (χ4v) is 3.18. The van der Waals surface area contributed by atoms with E-state index in [4.69, 9.17) is 0 Å². The molecule has 0 aliphatic rings. The molecular formula is C16H9F4N3O4S. The minimum atomic E-state index is -4.80. The van der Waals surface area contributed by atoms with Crippen molar-refractivity contribution in [1.82, 2.24) is 14.9 Å². The van der Waals surface area contributed by atoms with Crippen LogP contribution in [0.1, 0.15) is 16.2 Å². The van der Waals surface area contributed by atoms with Crippen LogP contribution in [0, 0.1) is 5.82 Å². The van der Waals surface area contributed by atoms with Crippen LogP contribution in [0.3, 0.4) is 0 Å². The lowest BCUT2D eigenvalue weighted by molar-refractivity contribution is -0.159. The third kappa shape index (κ3) is 4.01. The second kappa shape index (κ2) is 7.03. The average molecular weight is 415 g/mol. The van der Waals surface area contributed by atoms with Gasteiger partial charge in [0.15, 0.2) is 0 Å². The molecule has 0 atom stereocenters. The minimum Gasteiger partial charge on any atom is -0.329 e. The van der Waals surface area contributed by atoms with E-state index in [0.29, 0.717) is 0 Å². The summed E-state index contributed by atoms with van der Waals surface area (Å²) in [6, 6.07) is 9.19. The Morgan fingerprint density at radius 3 is 2.25 bits per heavy atom. The Labute approximate surface area is 155 Å². The van der Waals surface area contributed by atoms with Gasteiger partial charge in [0.05, 0.1) is 0 Å². The highest BCUT2D eigenvalue weighted by Gasteiger charge is 2.38. The minimum absolute atomic E-state index is 0.104. The first-order chi connectivity index (χ1) is 13.1. The van der Waals surface area contributed by atoms with Gasteiger partial charge >= 0.3 is 12.1 Å². The summed E-state index contributed by atoms with van der Waals surface area (Å²) in [7, 11) is -4.45. The van der Waals surface area contributed by atoms with E-state index >= 15 is 0 Å². The van der Waals surface area contributed by atoms with E-state index in [0.717, 1.165) is 24.3 Å². The SMILES string of the molecule is O=C(NS(=O)(=O)c1ccccc1F)c1ccc(-c2noc(C(F)(F)F)n2)cc1. The zero-order valence-electron chi connectivity index (χ0n) is 13.6. The van der Waals surface area contributed by atoms with Gasteiger partial charge in [0.25, 0.3) is 15.9 Å². The highest BCUT2D eigenvalue weighted by Crippen LogP contribution is 2.29. The molecule has 1 heterocycles. The molecule has 0 saturated heterocycles. The summed E-state index contributed by atoms with van der Waals surface area (Å²) in [6.07, 6.45) is -4.80. The fraction of sp³-hybridized carbons (Fsp3) is 0.0625. The van der Waals surface area contributed by atoms with Gasteiger partial charge in [-0.1, -0.05) is 29.4 Å². The Morgan fingerprint density at radius 1 is 1.04 bits per heavy atom. The van der Waals surface area contributed by atoms with Crippen LogP contribution in [0.4, 0.5) is 17.6 Å². The van der Waals surface area contributed by atoms with E-state index in [1.54, 1.807) is 4.72 Å². The zero-order chi connectivity index (χ0) is 20.5. The molecule has 0 aliphatic heterocycles. The van der Waals surface area contributed by atoms with Gasteiger partial charge in [0.2, 0.25) is 5.82 Å². The number of hydrogen-bond acceptors (Lipinski definition) is 6. The van der Waals surface area contributed by atoms with Crippen molar-refractivity contribution in [3.63, 3.8) is 0 Å². The van der Waals surface area contributed by atoms with Crippen molar-refractivity contribution < 1.29 is 35.3 Å². The predicted molar refractivity (Wildman–Crippen MR) is 85.8 cm³/mol. The zero-order valence-corrected chi connectivity index (χ0v) is 14.4. The molecule has 3 aromatic rings. The Bertz CT molecular complexity index is 1130. The van der Waals surface area contributed by atoms with Crippen molar-refractivity contribution in [3.05, 3.63) is 65.8 Å². The number of carbonyl (C=O) groups is 1. The Kier molecular flexibility index (Phi) is 4.89. The summed E-state index contributed by atoms with van der Waals surface area (Å²) in [5.41, 5.74) is -0.0315. The lowest BCUT2D eigenvalue weighted by Gasteiger charge is -2.08. The number of carbonyl (C=O) groups excluding carboxylic acids is 1. The fourth-order valence-electron chi connectivity index (χ4n) is 2.13. The summed E-state index contributed by atoms with van der Waals surface area (Å²) in [5, 5.41) is 3.19. The third-order valence-electron chi connectivity index (χ3n) is 3.43. The van der Waals surface area contributed by atoms with Crippen LogP contribution < -0.4 is 4.72 Å². The van der Waals surface area contributed by atoms with Crippen LogP contribution in [-0.4, -0.2) is 24.5 Å². The molecule has 0 aliphatic carbocycles. The quantitative estimate of drug-likeness (QED) is 0.658. The molecular weight excluding hydrogens is 406 g/mol. The first-order valence-electron chi connectivity index (χ1n) is 7.41. The van der Waals surface area contributed by atoms with Crippen LogP contribution in [0.15, 0.2) is 57.9 Å². The van der Waals surface area contributed by atoms with Crippen molar-refractivity contribution in [2.24, 2.45) is 0 Å². The molecule has 0 fully saturated rings. The number of nitrogens with one attached hydrogen (secondary N) is 1. The number of aromatic nitrogens is 2. The van der Waals surface area contributed by atoms with Crippen molar-refractivity contribution in [1.29, 1.82) is 0 Å². The van der Waals surface area contributed by atoms with E-state index in [2.05, 4.69) is 14.7 Å². The number of rotatable bonds is 4. The van der Waals surface area contributed by atoms with Crippen LogP contribution in [0.25, 0.3) is 11.4 Å². The molecule has 3 rings (SSSR count). The van der Waals surface area contributed by atoms with Crippen LogP contribution >= 0.6 is 0 Å². The summed E-state index contributed by atoms with van der Waals surface area (Å²) in [4.78, 5) is 14.6. The van der Waals surface area contributed by atoms with E-state index in [9.17, 15) is 30.8 Å². The van der Waals surface area contributed by atoms with Gasteiger partial charge in [-0.15, -0.1) is 0 Å². The van der Waals surface area contributed by atoms with Crippen LogP contribution in [-0.2, 0) is 16.2 Å². The molecule has 28 heavy (non-hydrogen) atoms. The van der Waals surface area contributed by atoms with Gasteiger partial charge in [0, 0.05) is 11.1 Å². The van der Waals surface area contributed by atoms with Crippen molar-refractivity contribution >= 4 is 15.9 Å². The number of hydrogen-bond donors (Lipinski definition) is 1. The summed E-state index contributed by atoms with van der Waals surface area (Å²) in [6.45, 7) is 0.